The topological polar surface area (TPSA) is 45.2 Å². The van der Waals surface area contributed by atoms with Crippen LogP contribution in [-0.2, 0) is 4.79 Å². The summed E-state index contributed by atoms with van der Waals surface area (Å²) in [5.74, 6) is 0.241. The molecule has 1 aliphatic rings. The molecule has 2 rings (SSSR count). The van der Waals surface area contributed by atoms with Gasteiger partial charge in [0.2, 0.25) is 5.91 Å². The predicted octanol–water partition coefficient (Wildman–Crippen LogP) is 3.26. The van der Waals surface area contributed by atoms with Crippen molar-refractivity contribution in [1.29, 1.82) is 0 Å². The van der Waals surface area contributed by atoms with E-state index in [1.165, 1.54) is 0 Å². The summed E-state index contributed by atoms with van der Waals surface area (Å²) in [6.07, 6.45) is 5.82. The molecule has 2 unspecified atom stereocenters. The first-order chi connectivity index (χ1) is 10.1. The number of carbonyl (C=O) groups excluding carboxylic acids is 1. The SMILES string of the molecule is CCCC(C)NC(=O)C1CCCN(c2ccnc(Cl)c2)C1. The standard InChI is InChI=1S/C16H24ClN3O/c1-3-5-12(2)19-16(21)13-6-4-9-20(11-13)14-7-8-18-15(17)10-14/h7-8,10,12-13H,3-6,9,11H2,1-2H3,(H,19,21). The molecule has 5 heteroatoms. The molecule has 1 amide bonds. The number of nitrogens with one attached hydrogen (secondary N) is 1. The minimum Gasteiger partial charge on any atom is -0.371 e. The number of amides is 1. The Balaban J connectivity index is 1.95. The Hall–Kier alpha value is -1.29. The number of pyridine rings is 1. The average molecular weight is 310 g/mol. The van der Waals surface area contributed by atoms with Gasteiger partial charge < -0.3 is 10.2 Å². The van der Waals surface area contributed by atoms with E-state index < -0.39 is 0 Å². The third-order valence-electron chi connectivity index (χ3n) is 3.98. The molecule has 1 saturated heterocycles. The Morgan fingerprint density at radius 3 is 3.14 bits per heavy atom. The van der Waals surface area contributed by atoms with E-state index in [0.29, 0.717) is 5.15 Å². The summed E-state index contributed by atoms with van der Waals surface area (Å²) in [6.45, 7) is 5.93. The fourth-order valence-corrected chi connectivity index (χ4v) is 3.05. The van der Waals surface area contributed by atoms with Crippen LogP contribution in [0.1, 0.15) is 39.5 Å². The molecular weight excluding hydrogens is 286 g/mol. The number of nitrogens with zero attached hydrogens (tertiary/aromatic N) is 2. The molecule has 0 aromatic carbocycles. The third-order valence-corrected chi connectivity index (χ3v) is 4.18. The zero-order valence-corrected chi connectivity index (χ0v) is 13.6. The molecule has 1 aromatic heterocycles. The molecule has 4 nitrogen and oxygen atoms in total. The number of aromatic nitrogens is 1. The van der Waals surface area contributed by atoms with Crippen LogP contribution in [0.2, 0.25) is 5.15 Å². The van der Waals surface area contributed by atoms with Gasteiger partial charge in [0.25, 0.3) is 0 Å². The molecule has 0 spiro atoms. The maximum atomic E-state index is 12.4. The normalized spacial score (nSPS) is 20.1. The summed E-state index contributed by atoms with van der Waals surface area (Å²) in [7, 11) is 0. The molecule has 1 fully saturated rings. The number of piperidine rings is 1. The number of hydrogen-bond donors (Lipinski definition) is 1. The van der Waals surface area contributed by atoms with Crippen LogP contribution in [0, 0.1) is 5.92 Å². The molecule has 116 valence electrons. The Morgan fingerprint density at radius 1 is 1.62 bits per heavy atom. The number of halogens is 1. The van der Waals surface area contributed by atoms with E-state index >= 15 is 0 Å². The van der Waals surface area contributed by atoms with E-state index in [4.69, 9.17) is 11.6 Å². The van der Waals surface area contributed by atoms with Crippen molar-refractivity contribution in [3.05, 3.63) is 23.5 Å². The van der Waals surface area contributed by atoms with Crippen LogP contribution in [0.25, 0.3) is 0 Å². The monoisotopic (exact) mass is 309 g/mol. The highest BCUT2D eigenvalue weighted by atomic mass is 35.5. The van der Waals surface area contributed by atoms with Gasteiger partial charge in [0.15, 0.2) is 0 Å². The minimum atomic E-state index is 0.0602. The van der Waals surface area contributed by atoms with Crippen molar-refractivity contribution in [2.75, 3.05) is 18.0 Å². The fraction of sp³-hybridized carbons (Fsp3) is 0.625. The van der Waals surface area contributed by atoms with Gasteiger partial charge in [0.05, 0.1) is 5.92 Å². The first-order valence-corrected chi connectivity index (χ1v) is 8.14. The lowest BCUT2D eigenvalue weighted by atomic mass is 9.96. The molecule has 21 heavy (non-hydrogen) atoms. The summed E-state index contributed by atoms with van der Waals surface area (Å²) >= 11 is 5.95. The van der Waals surface area contributed by atoms with E-state index in [1.54, 1.807) is 6.20 Å². The smallest absolute Gasteiger partial charge is 0.225 e. The van der Waals surface area contributed by atoms with Crippen LogP contribution in [0.5, 0.6) is 0 Å². The van der Waals surface area contributed by atoms with Crippen molar-refractivity contribution in [2.45, 2.75) is 45.6 Å². The molecule has 0 saturated carbocycles. The van der Waals surface area contributed by atoms with E-state index in [0.717, 1.165) is 44.5 Å². The molecule has 2 heterocycles. The Labute approximate surface area is 131 Å². The van der Waals surface area contributed by atoms with Crippen LogP contribution < -0.4 is 10.2 Å². The molecular formula is C16H24ClN3O. The second kappa shape index (κ2) is 7.64. The van der Waals surface area contributed by atoms with Crippen molar-refractivity contribution < 1.29 is 4.79 Å². The van der Waals surface area contributed by atoms with Crippen LogP contribution in [0.4, 0.5) is 5.69 Å². The van der Waals surface area contributed by atoms with Gasteiger partial charge >= 0.3 is 0 Å². The largest absolute Gasteiger partial charge is 0.371 e. The van der Waals surface area contributed by atoms with E-state index in [9.17, 15) is 4.79 Å². The van der Waals surface area contributed by atoms with E-state index in [-0.39, 0.29) is 17.9 Å². The van der Waals surface area contributed by atoms with Crippen LogP contribution >= 0.6 is 11.6 Å². The minimum absolute atomic E-state index is 0.0602. The number of anilines is 1. The summed E-state index contributed by atoms with van der Waals surface area (Å²) in [4.78, 5) is 18.6. The van der Waals surface area contributed by atoms with Gasteiger partial charge in [-0.05, 0) is 38.3 Å². The van der Waals surface area contributed by atoms with Crippen molar-refractivity contribution in [3.63, 3.8) is 0 Å². The van der Waals surface area contributed by atoms with Gasteiger partial charge in [-0.1, -0.05) is 24.9 Å². The average Bonchev–Trinajstić information content (AvgIpc) is 2.47. The quantitative estimate of drug-likeness (QED) is 0.849. The highest BCUT2D eigenvalue weighted by Gasteiger charge is 2.26. The second-order valence-corrected chi connectivity index (χ2v) is 6.21. The second-order valence-electron chi connectivity index (χ2n) is 5.82. The van der Waals surface area contributed by atoms with E-state index in [1.807, 2.05) is 12.1 Å². The summed E-state index contributed by atoms with van der Waals surface area (Å²) in [5, 5.41) is 3.63. The van der Waals surface area contributed by atoms with Crippen LogP contribution in [-0.4, -0.2) is 30.0 Å². The van der Waals surface area contributed by atoms with Gasteiger partial charge in [-0.25, -0.2) is 4.98 Å². The maximum absolute atomic E-state index is 12.4. The number of hydrogen-bond acceptors (Lipinski definition) is 3. The van der Waals surface area contributed by atoms with Crippen molar-refractivity contribution >= 4 is 23.2 Å². The van der Waals surface area contributed by atoms with Crippen molar-refractivity contribution in [3.8, 4) is 0 Å². The van der Waals surface area contributed by atoms with Gasteiger partial charge in [0.1, 0.15) is 5.15 Å². The molecule has 1 aliphatic heterocycles. The lowest BCUT2D eigenvalue weighted by molar-refractivity contribution is -0.125. The van der Waals surface area contributed by atoms with Crippen molar-refractivity contribution in [1.82, 2.24) is 10.3 Å². The zero-order valence-electron chi connectivity index (χ0n) is 12.8. The predicted molar refractivity (Wildman–Crippen MR) is 86.7 cm³/mol. The van der Waals surface area contributed by atoms with Gasteiger partial charge in [-0.2, -0.15) is 0 Å². The summed E-state index contributed by atoms with van der Waals surface area (Å²) in [6, 6.07) is 4.07. The zero-order chi connectivity index (χ0) is 15.2. The van der Waals surface area contributed by atoms with E-state index in [2.05, 4.69) is 29.0 Å². The first kappa shape index (κ1) is 16.1. The van der Waals surface area contributed by atoms with Gasteiger partial charge in [-0.15, -0.1) is 0 Å². The molecule has 1 aromatic rings. The molecule has 0 bridgehead atoms. The van der Waals surface area contributed by atoms with Gasteiger partial charge in [-0.3, -0.25) is 4.79 Å². The summed E-state index contributed by atoms with van der Waals surface area (Å²) < 4.78 is 0. The highest BCUT2D eigenvalue weighted by Crippen LogP contribution is 2.24. The molecule has 0 aliphatic carbocycles. The molecule has 0 radical (unpaired) electrons. The first-order valence-electron chi connectivity index (χ1n) is 7.77. The van der Waals surface area contributed by atoms with Crippen LogP contribution in [0.15, 0.2) is 18.3 Å². The summed E-state index contributed by atoms with van der Waals surface area (Å²) in [5.41, 5.74) is 1.05. The number of carbonyl (C=O) groups is 1. The molecule has 2 atom stereocenters. The third kappa shape index (κ3) is 4.60. The highest BCUT2D eigenvalue weighted by molar-refractivity contribution is 6.29. The number of rotatable bonds is 5. The maximum Gasteiger partial charge on any atom is 0.225 e. The lowest BCUT2D eigenvalue weighted by Crippen LogP contribution is -2.45. The molecule has 1 N–H and O–H groups in total. The van der Waals surface area contributed by atoms with Gasteiger partial charge in [0, 0.05) is 31.0 Å². The van der Waals surface area contributed by atoms with Crippen LogP contribution in [0.3, 0.4) is 0 Å². The Kier molecular flexibility index (Phi) is 5.85. The Morgan fingerprint density at radius 2 is 2.43 bits per heavy atom. The Bertz CT molecular complexity index is 480. The van der Waals surface area contributed by atoms with Crippen molar-refractivity contribution in [2.24, 2.45) is 5.92 Å². The fourth-order valence-electron chi connectivity index (χ4n) is 2.88. The lowest BCUT2D eigenvalue weighted by Gasteiger charge is -2.34.